The standard InChI is InChI=1S/C35H52N4O8/c1-34(2,3)47-33(43)37-21-24(30(40)36-20-23-12-16-45-17-13-23)18-25(22-37)31(41)39(26-8-9-26)27-10-11-29-28(19-27)38(14-7-15-44-6)32(42)35(4,5)46-29/h10-11,19,23-26H,7-9,12-18,20-22H2,1-6H3,(H,36,40)/t24-,25+/m0/s1. The first-order valence-corrected chi connectivity index (χ1v) is 17.1. The summed E-state index contributed by atoms with van der Waals surface area (Å²) in [4.78, 5) is 59.8. The summed E-state index contributed by atoms with van der Waals surface area (Å²) in [6, 6.07) is 5.54. The van der Waals surface area contributed by atoms with Crippen LogP contribution in [0.1, 0.15) is 73.1 Å². The van der Waals surface area contributed by atoms with E-state index < -0.39 is 29.1 Å². The second-order valence-corrected chi connectivity index (χ2v) is 14.8. The number of benzene rings is 1. The van der Waals surface area contributed by atoms with Crippen LogP contribution in [0.5, 0.6) is 5.75 Å². The first-order chi connectivity index (χ1) is 22.3. The van der Waals surface area contributed by atoms with Gasteiger partial charge in [0.05, 0.1) is 17.5 Å². The number of likely N-dealkylation sites (tertiary alicyclic amines) is 1. The SMILES string of the molecule is COCCCN1C(=O)C(C)(C)Oc2ccc(N(C(=O)[C@@H]3C[C@H](C(=O)NCC4CCOCC4)CN(C(=O)OC(C)(C)C)C3)C3CC3)cc21. The smallest absolute Gasteiger partial charge is 0.410 e. The molecule has 260 valence electrons. The number of rotatable bonds is 10. The van der Waals surface area contributed by atoms with E-state index in [0.29, 0.717) is 68.8 Å². The summed E-state index contributed by atoms with van der Waals surface area (Å²) in [5.74, 6) is -0.691. The van der Waals surface area contributed by atoms with E-state index in [9.17, 15) is 19.2 Å². The van der Waals surface area contributed by atoms with Crippen molar-refractivity contribution in [2.24, 2.45) is 17.8 Å². The van der Waals surface area contributed by atoms with Gasteiger partial charge in [0.1, 0.15) is 11.4 Å². The molecule has 1 saturated carbocycles. The van der Waals surface area contributed by atoms with Crippen LogP contribution in [0.3, 0.4) is 0 Å². The molecule has 4 amide bonds. The number of fused-ring (bicyclic) bond motifs is 1. The number of anilines is 2. The third-order valence-electron chi connectivity index (χ3n) is 9.24. The van der Waals surface area contributed by atoms with Crippen LogP contribution in [-0.4, -0.2) is 99.1 Å². The van der Waals surface area contributed by atoms with Gasteiger partial charge < -0.3 is 39.0 Å². The number of methoxy groups -OCH3 is 1. The predicted octanol–water partition coefficient (Wildman–Crippen LogP) is 4.14. The maximum absolute atomic E-state index is 14.5. The molecule has 0 aromatic heterocycles. The molecule has 2 atom stereocenters. The minimum Gasteiger partial charge on any atom is -0.476 e. The van der Waals surface area contributed by atoms with Crippen molar-refractivity contribution >= 4 is 35.2 Å². The van der Waals surface area contributed by atoms with Crippen molar-refractivity contribution in [1.82, 2.24) is 10.2 Å². The van der Waals surface area contributed by atoms with Crippen molar-refractivity contribution in [3.8, 4) is 5.75 Å². The molecule has 3 fully saturated rings. The third kappa shape index (κ3) is 8.56. The number of carbonyl (C=O) groups excluding carboxylic acids is 4. The molecule has 47 heavy (non-hydrogen) atoms. The Bertz CT molecular complexity index is 1320. The van der Waals surface area contributed by atoms with Gasteiger partial charge in [-0.2, -0.15) is 0 Å². The number of nitrogens with one attached hydrogen (secondary N) is 1. The summed E-state index contributed by atoms with van der Waals surface area (Å²) in [6.45, 7) is 12.1. The van der Waals surface area contributed by atoms with Crippen LogP contribution in [0.4, 0.5) is 16.2 Å². The number of ether oxygens (including phenoxy) is 4. The first kappa shape index (κ1) is 34.9. The maximum Gasteiger partial charge on any atom is 0.410 e. The minimum atomic E-state index is -1.03. The lowest BCUT2D eigenvalue weighted by atomic mass is 9.87. The normalized spacial score (nSPS) is 23.1. The van der Waals surface area contributed by atoms with Gasteiger partial charge in [-0.1, -0.05) is 0 Å². The molecule has 1 aliphatic carbocycles. The van der Waals surface area contributed by atoms with Gasteiger partial charge in [-0.3, -0.25) is 14.4 Å². The minimum absolute atomic E-state index is 0.00292. The summed E-state index contributed by atoms with van der Waals surface area (Å²) in [5, 5.41) is 3.10. The third-order valence-corrected chi connectivity index (χ3v) is 9.24. The monoisotopic (exact) mass is 656 g/mol. The molecule has 12 heteroatoms. The van der Waals surface area contributed by atoms with Crippen molar-refractivity contribution in [3.05, 3.63) is 18.2 Å². The Morgan fingerprint density at radius 2 is 1.77 bits per heavy atom. The highest BCUT2D eigenvalue weighted by Crippen LogP contribution is 2.43. The molecule has 4 aliphatic rings. The first-order valence-electron chi connectivity index (χ1n) is 17.1. The van der Waals surface area contributed by atoms with Gasteiger partial charge >= 0.3 is 6.09 Å². The van der Waals surface area contributed by atoms with E-state index in [1.54, 1.807) is 51.5 Å². The van der Waals surface area contributed by atoms with Crippen LogP contribution in [0, 0.1) is 17.8 Å². The predicted molar refractivity (Wildman–Crippen MR) is 176 cm³/mol. The number of piperidine rings is 1. The molecule has 1 aromatic carbocycles. The lowest BCUT2D eigenvalue weighted by Gasteiger charge is -2.40. The van der Waals surface area contributed by atoms with Gasteiger partial charge in [-0.25, -0.2) is 4.79 Å². The molecule has 0 spiro atoms. The van der Waals surface area contributed by atoms with Gasteiger partial charge in [0, 0.05) is 64.8 Å². The maximum atomic E-state index is 14.5. The van der Waals surface area contributed by atoms with Crippen molar-refractivity contribution < 1.29 is 38.1 Å². The van der Waals surface area contributed by atoms with E-state index in [4.69, 9.17) is 18.9 Å². The van der Waals surface area contributed by atoms with Crippen LogP contribution in [0.25, 0.3) is 0 Å². The lowest BCUT2D eigenvalue weighted by Crippen LogP contribution is -2.54. The molecule has 3 aliphatic heterocycles. The Morgan fingerprint density at radius 3 is 2.43 bits per heavy atom. The Labute approximate surface area is 278 Å². The second kappa shape index (κ2) is 14.4. The van der Waals surface area contributed by atoms with Crippen LogP contribution in [0.15, 0.2) is 18.2 Å². The number of nitrogens with zero attached hydrogens (tertiary/aromatic N) is 3. The van der Waals surface area contributed by atoms with Gasteiger partial charge in [0.2, 0.25) is 11.8 Å². The summed E-state index contributed by atoms with van der Waals surface area (Å²) >= 11 is 0. The Balaban J connectivity index is 1.39. The second-order valence-electron chi connectivity index (χ2n) is 14.8. The molecule has 3 heterocycles. The average Bonchev–Trinajstić information content (AvgIpc) is 3.86. The van der Waals surface area contributed by atoms with Gasteiger partial charge in [0.25, 0.3) is 5.91 Å². The quantitative estimate of drug-likeness (QED) is 0.373. The molecule has 1 aromatic rings. The highest BCUT2D eigenvalue weighted by atomic mass is 16.6. The molecule has 5 rings (SSSR count). The summed E-state index contributed by atoms with van der Waals surface area (Å²) in [7, 11) is 1.63. The fraction of sp³-hybridized carbons (Fsp3) is 0.714. The van der Waals surface area contributed by atoms with E-state index in [1.165, 1.54) is 4.90 Å². The van der Waals surface area contributed by atoms with E-state index in [-0.39, 0.29) is 36.9 Å². The summed E-state index contributed by atoms with van der Waals surface area (Å²) in [6.07, 6.45) is 3.92. The molecular formula is C35H52N4O8. The number of hydrogen-bond donors (Lipinski definition) is 1. The molecule has 0 bridgehead atoms. The van der Waals surface area contributed by atoms with Crippen LogP contribution >= 0.6 is 0 Å². The molecule has 0 unspecified atom stereocenters. The van der Waals surface area contributed by atoms with E-state index in [1.807, 2.05) is 18.2 Å². The summed E-state index contributed by atoms with van der Waals surface area (Å²) in [5.41, 5.74) is -0.465. The number of amides is 4. The largest absolute Gasteiger partial charge is 0.476 e. The molecule has 1 N–H and O–H groups in total. The van der Waals surface area contributed by atoms with Crippen LogP contribution < -0.4 is 19.9 Å². The van der Waals surface area contributed by atoms with E-state index in [2.05, 4.69) is 5.32 Å². The van der Waals surface area contributed by atoms with Crippen LogP contribution in [-0.2, 0) is 28.6 Å². The van der Waals surface area contributed by atoms with Crippen molar-refractivity contribution in [1.29, 1.82) is 0 Å². The van der Waals surface area contributed by atoms with Gasteiger partial charge in [-0.15, -0.1) is 0 Å². The highest BCUT2D eigenvalue weighted by Gasteiger charge is 2.45. The lowest BCUT2D eigenvalue weighted by molar-refractivity contribution is -0.133. The average molecular weight is 657 g/mol. The summed E-state index contributed by atoms with van der Waals surface area (Å²) < 4.78 is 22.5. The topological polar surface area (TPSA) is 127 Å². The zero-order chi connectivity index (χ0) is 33.9. The zero-order valence-electron chi connectivity index (χ0n) is 28.8. The number of carbonyl (C=O) groups is 4. The fourth-order valence-corrected chi connectivity index (χ4v) is 6.63. The molecule has 0 radical (unpaired) electrons. The van der Waals surface area contributed by atoms with Crippen LogP contribution in [0.2, 0.25) is 0 Å². The Morgan fingerprint density at radius 1 is 1.06 bits per heavy atom. The Hall–Kier alpha value is -3.38. The molecule has 2 saturated heterocycles. The molecule has 12 nitrogen and oxygen atoms in total. The van der Waals surface area contributed by atoms with Crippen molar-refractivity contribution in [2.75, 3.05) is 62.9 Å². The molecular weight excluding hydrogens is 604 g/mol. The fourth-order valence-electron chi connectivity index (χ4n) is 6.63. The van der Waals surface area contributed by atoms with Crippen molar-refractivity contribution in [3.63, 3.8) is 0 Å². The Kier molecular flexibility index (Phi) is 10.7. The van der Waals surface area contributed by atoms with E-state index >= 15 is 0 Å². The van der Waals surface area contributed by atoms with Gasteiger partial charge in [0.15, 0.2) is 5.60 Å². The zero-order valence-corrected chi connectivity index (χ0v) is 28.8. The highest BCUT2D eigenvalue weighted by molar-refractivity contribution is 6.04. The van der Waals surface area contributed by atoms with E-state index in [0.717, 1.165) is 25.7 Å². The number of hydrogen-bond acceptors (Lipinski definition) is 8. The van der Waals surface area contributed by atoms with Crippen molar-refractivity contribution in [2.45, 2.75) is 90.4 Å². The van der Waals surface area contributed by atoms with Gasteiger partial charge in [-0.05, 0) is 97.3 Å².